The molecule has 0 rings (SSSR count). The van der Waals surface area contributed by atoms with Crippen LogP contribution in [-0.2, 0) is 13.9 Å². The molecule has 0 amide bonds. The normalized spacial score (nSPS) is 7.71. The highest BCUT2D eigenvalue weighted by atomic mass is 35.5. The molecule has 0 aliphatic heterocycles. The average Bonchev–Trinajstić information content (AvgIpc) is 1.65. The summed E-state index contributed by atoms with van der Waals surface area (Å²) in [6, 6.07) is 0. The topological polar surface area (TPSA) is 43.4 Å². The van der Waals surface area contributed by atoms with E-state index in [1.54, 1.807) is 0 Å². The van der Waals surface area contributed by atoms with Crippen molar-refractivity contribution in [3.63, 3.8) is 0 Å². The number of hydrogen-bond acceptors (Lipinski definition) is 3. The molecule has 0 spiro atoms. The molecule has 0 aromatic carbocycles. The fraction of sp³-hybridized carbons (Fsp3) is 0.333. The minimum absolute atomic E-state index is 0.699. The molecule has 0 aliphatic carbocycles. The lowest BCUT2D eigenvalue weighted by molar-refractivity contribution is -0.145. The van der Waals surface area contributed by atoms with Gasteiger partial charge in [0.1, 0.15) is 11.9 Å². The maximum absolute atomic E-state index is 9.82. The number of ketones is 1. The second-order valence-corrected chi connectivity index (χ2v) is 1.08. The number of carbonyl (C=O) groups is 2. The molecule has 3 nitrogen and oxygen atoms in total. The van der Waals surface area contributed by atoms with Crippen molar-refractivity contribution in [2.75, 3.05) is 0 Å². The van der Waals surface area contributed by atoms with Crippen LogP contribution in [0.1, 0.15) is 6.92 Å². The summed E-state index contributed by atoms with van der Waals surface area (Å²) >= 11 is 4.48. The van der Waals surface area contributed by atoms with Gasteiger partial charge in [0.15, 0.2) is 0 Å². The van der Waals surface area contributed by atoms with Crippen LogP contribution in [0.3, 0.4) is 0 Å². The highest BCUT2D eigenvalue weighted by Crippen LogP contribution is 1.81. The first kappa shape index (κ1) is 6.43. The molecule has 0 radical (unpaired) electrons. The van der Waals surface area contributed by atoms with Gasteiger partial charge in [0, 0.05) is 6.92 Å². The molecule has 40 valence electrons. The Labute approximate surface area is 45.4 Å². The van der Waals surface area contributed by atoms with Crippen LogP contribution < -0.4 is 0 Å². The summed E-state index contributed by atoms with van der Waals surface area (Å²) in [6.45, 7) is 1.07. The van der Waals surface area contributed by atoms with Crippen molar-refractivity contribution in [2.24, 2.45) is 0 Å². The number of hydrogen-bond donors (Lipinski definition) is 0. The Morgan fingerprint density at radius 2 is 2.00 bits per heavy atom. The molecule has 0 saturated heterocycles. The van der Waals surface area contributed by atoms with E-state index in [2.05, 4.69) is 16.2 Å². The Kier molecular flexibility index (Phi) is 2.37. The predicted molar refractivity (Wildman–Crippen MR) is 22.6 cm³/mol. The van der Waals surface area contributed by atoms with Gasteiger partial charge < -0.3 is 4.29 Å². The molecular formula is C3H3ClO3. The van der Waals surface area contributed by atoms with Crippen LogP contribution in [0.15, 0.2) is 0 Å². The maximum Gasteiger partial charge on any atom is 0.392 e. The highest BCUT2D eigenvalue weighted by molar-refractivity contribution is 6.37. The Hall–Kier alpha value is -0.570. The largest absolute Gasteiger partial charge is 0.392 e. The summed E-state index contributed by atoms with van der Waals surface area (Å²) in [6.07, 6.45) is 0. The van der Waals surface area contributed by atoms with Crippen LogP contribution in [0.2, 0.25) is 0 Å². The van der Waals surface area contributed by atoms with Gasteiger partial charge in [-0.25, -0.2) is 4.79 Å². The van der Waals surface area contributed by atoms with Crippen molar-refractivity contribution >= 4 is 23.6 Å². The molecular weight excluding hydrogens is 119 g/mol. The van der Waals surface area contributed by atoms with Gasteiger partial charge in [-0.15, -0.1) is 0 Å². The number of Topliss-reactive ketones (excluding diaryl/α,β-unsaturated/α-hetero) is 1. The Bertz CT molecular complexity index is 98.4. The highest BCUT2D eigenvalue weighted by Gasteiger charge is 2.05. The molecule has 4 heteroatoms. The van der Waals surface area contributed by atoms with Crippen LogP contribution in [0.25, 0.3) is 0 Å². The molecule has 0 aliphatic rings. The smallest absolute Gasteiger partial charge is 0.341 e. The van der Waals surface area contributed by atoms with Gasteiger partial charge in [-0.05, 0) is 0 Å². The second-order valence-electron chi connectivity index (χ2n) is 0.921. The number of halogens is 1. The Balaban J connectivity index is 3.58. The van der Waals surface area contributed by atoms with Crippen molar-refractivity contribution in [1.29, 1.82) is 0 Å². The first-order valence-corrected chi connectivity index (χ1v) is 1.83. The summed E-state index contributed by atoms with van der Waals surface area (Å²) in [5.41, 5.74) is 0. The van der Waals surface area contributed by atoms with Crippen LogP contribution in [0.4, 0.5) is 0 Å². The zero-order valence-electron chi connectivity index (χ0n) is 3.60. The fourth-order valence-corrected chi connectivity index (χ4v) is 0.163. The molecule has 0 unspecified atom stereocenters. The van der Waals surface area contributed by atoms with Crippen LogP contribution >= 0.6 is 11.9 Å². The molecule has 0 N–H and O–H groups in total. The van der Waals surface area contributed by atoms with Gasteiger partial charge in [-0.3, -0.25) is 4.79 Å². The zero-order chi connectivity index (χ0) is 5.86. The number of rotatable bonds is 1. The Morgan fingerprint density at radius 1 is 1.57 bits per heavy atom. The minimum Gasteiger partial charge on any atom is -0.341 e. The van der Waals surface area contributed by atoms with Crippen LogP contribution in [-0.4, -0.2) is 11.8 Å². The molecule has 0 bridgehead atoms. The fourth-order valence-electron chi connectivity index (χ4n) is 0.0543. The van der Waals surface area contributed by atoms with E-state index in [1.165, 1.54) is 0 Å². The van der Waals surface area contributed by atoms with Crippen LogP contribution in [0, 0.1) is 0 Å². The SMILES string of the molecule is CC(=O)C(=O)OCl. The van der Waals surface area contributed by atoms with E-state index >= 15 is 0 Å². The van der Waals surface area contributed by atoms with Gasteiger partial charge in [0.25, 0.3) is 0 Å². The maximum atomic E-state index is 9.82. The van der Waals surface area contributed by atoms with E-state index in [4.69, 9.17) is 0 Å². The first-order valence-electron chi connectivity index (χ1n) is 1.52. The van der Waals surface area contributed by atoms with E-state index in [0.29, 0.717) is 0 Å². The lowest BCUT2D eigenvalue weighted by Gasteiger charge is -1.81. The van der Waals surface area contributed by atoms with Crippen LogP contribution in [0.5, 0.6) is 0 Å². The average molecular weight is 123 g/mol. The molecule has 7 heavy (non-hydrogen) atoms. The predicted octanol–water partition coefficient (Wildman–Crippen LogP) is 0.272. The summed E-state index contributed by atoms with van der Waals surface area (Å²) in [5.74, 6) is -1.73. The molecule has 0 saturated carbocycles. The van der Waals surface area contributed by atoms with Crippen molar-refractivity contribution in [3.8, 4) is 0 Å². The van der Waals surface area contributed by atoms with E-state index in [-0.39, 0.29) is 0 Å². The van der Waals surface area contributed by atoms with Gasteiger partial charge in [0.2, 0.25) is 5.78 Å². The molecule has 0 aromatic heterocycles. The van der Waals surface area contributed by atoms with E-state index < -0.39 is 11.8 Å². The third-order valence-electron chi connectivity index (χ3n) is 0.358. The van der Waals surface area contributed by atoms with Gasteiger partial charge in [0.05, 0.1) is 0 Å². The third kappa shape index (κ3) is 2.17. The standard InChI is InChI=1S/C3H3ClO3/c1-2(5)3(6)7-4/h1H3. The molecule has 0 atom stereocenters. The zero-order valence-corrected chi connectivity index (χ0v) is 4.36. The van der Waals surface area contributed by atoms with E-state index in [9.17, 15) is 9.59 Å². The lowest BCUT2D eigenvalue weighted by Crippen LogP contribution is -2.07. The molecule has 0 fully saturated rings. The van der Waals surface area contributed by atoms with E-state index in [1.807, 2.05) is 0 Å². The van der Waals surface area contributed by atoms with Crippen molar-refractivity contribution < 1.29 is 13.9 Å². The van der Waals surface area contributed by atoms with Crippen molar-refractivity contribution in [1.82, 2.24) is 0 Å². The second kappa shape index (κ2) is 2.58. The quantitative estimate of drug-likeness (QED) is 0.469. The summed E-state index contributed by atoms with van der Waals surface area (Å²) in [4.78, 5) is 19.6. The minimum atomic E-state index is -1.03. The van der Waals surface area contributed by atoms with Crippen molar-refractivity contribution in [2.45, 2.75) is 6.92 Å². The van der Waals surface area contributed by atoms with E-state index in [0.717, 1.165) is 6.92 Å². The molecule has 0 aromatic rings. The van der Waals surface area contributed by atoms with Gasteiger partial charge in [-0.1, -0.05) is 0 Å². The summed E-state index contributed by atoms with van der Waals surface area (Å²) in [7, 11) is 0. The third-order valence-corrected chi connectivity index (χ3v) is 0.498. The lowest BCUT2D eigenvalue weighted by atomic mass is 10.5. The molecule has 0 heterocycles. The number of carbonyl (C=O) groups excluding carboxylic acids is 2. The van der Waals surface area contributed by atoms with Gasteiger partial charge in [-0.2, -0.15) is 0 Å². The van der Waals surface area contributed by atoms with Crippen molar-refractivity contribution in [3.05, 3.63) is 0 Å². The first-order chi connectivity index (χ1) is 3.18. The Morgan fingerprint density at radius 3 is 2.00 bits per heavy atom. The van der Waals surface area contributed by atoms with Gasteiger partial charge >= 0.3 is 5.97 Å². The summed E-state index contributed by atoms with van der Waals surface area (Å²) < 4.78 is 3.50. The summed E-state index contributed by atoms with van der Waals surface area (Å²) in [5, 5.41) is 0. The monoisotopic (exact) mass is 122 g/mol.